The quantitative estimate of drug-likeness (QED) is 0.240. The molecule has 194 valence electrons. The van der Waals surface area contributed by atoms with E-state index in [0.717, 1.165) is 59.2 Å². The zero-order valence-corrected chi connectivity index (χ0v) is 22.4. The predicted molar refractivity (Wildman–Crippen MR) is 151 cm³/mol. The molecule has 1 saturated heterocycles. The standard InChI is InChI=1S/C30H29ClN4O3/c1-17-12-23(19(3)34-22-9-10-26(31)32-16-22)30-24(13-17)28(36)18(2)29(38-30)20-7-8-21-15-33-35(25(21)14-20)27-6-4-5-11-37-27/h7-10,12-16,19,27,34H,4-6,11H2,1-3H3. The molecular weight excluding hydrogens is 500 g/mol. The first kappa shape index (κ1) is 24.6. The smallest absolute Gasteiger partial charge is 0.196 e. The second-order valence-electron chi connectivity index (χ2n) is 10.0. The number of ether oxygens (including phenoxy) is 1. The first-order chi connectivity index (χ1) is 18.4. The summed E-state index contributed by atoms with van der Waals surface area (Å²) in [6.07, 6.45) is 6.60. The van der Waals surface area contributed by atoms with Gasteiger partial charge in [0.2, 0.25) is 0 Å². The molecule has 1 aliphatic heterocycles. The third-order valence-corrected chi connectivity index (χ3v) is 7.48. The van der Waals surface area contributed by atoms with Gasteiger partial charge in [-0.15, -0.1) is 0 Å². The second kappa shape index (κ2) is 9.89. The Labute approximate surface area is 225 Å². The molecule has 1 fully saturated rings. The number of nitrogens with one attached hydrogen (secondary N) is 1. The number of nitrogens with zero attached hydrogens (tertiary/aromatic N) is 3. The number of anilines is 1. The van der Waals surface area contributed by atoms with E-state index < -0.39 is 0 Å². The van der Waals surface area contributed by atoms with Crippen molar-refractivity contribution in [1.82, 2.24) is 14.8 Å². The molecule has 7 nitrogen and oxygen atoms in total. The number of hydrogen-bond acceptors (Lipinski definition) is 6. The van der Waals surface area contributed by atoms with E-state index in [0.29, 0.717) is 27.4 Å². The predicted octanol–water partition coefficient (Wildman–Crippen LogP) is 7.35. The molecule has 0 aliphatic carbocycles. The van der Waals surface area contributed by atoms with Gasteiger partial charge in [0.25, 0.3) is 0 Å². The molecule has 5 aromatic rings. The summed E-state index contributed by atoms with van der Waals surface area (Å²) in [4.78, 5) is 17.8. The molecule has 4 heterocycles. The number of aryl methyl sites for hydroxylation is 1. The highest BCUT2D eigenvalue weighted by atomic mass is 35.5. The fraction of sp³-hybridized carbons (Fsp3) is 0.300. The maximum absolute atomic E-state index is 13.6. The second-order valence-corrected chi connectivity index (χ2v) is 10.4. The summed E-state index contributed by atoms with van der Waals surface area (Å²) in [5, 5.41) is 10.1. The van der Waals surface area contributed by atoms with E-state index in [9.17, 15) is 4.79 Å². The molecule has 0 bridgehead atoms. The molecule has 0 radical (unpaired) electrons. The lowest BCUT2D eigenvalue weighted by molar-refractivity contribution is -0.0366. The Morgan fingerprint density at radius 3 is 2.74 bits per heavy atom. The fourth-order valence-corrected chi connectivity index (χ4v) is 5.39. The number of fused-ring (bicyclic) bond motifs is 2. The van der Waals surface area contributed by atoms with Crippen LogP contribution >= 0.6 is 11.6 Å². The van der Waals surface area contributed by atoms with Crippen LogP contribution in [0.3, 0.4) is 0 Å². The molecular formula is C30H29ClN4O3. The largest absolute Gasteiger partial charge is 0.455 e. The van der Waals surface area contributed by atoms with Crippen LogP contribution in [0.25, 0.3) is 33.2 Å². The van der Waals surface area contributed by atoms with Gasteiger partial charge in [0.1, 0.15) is 16.5 Å². The molecule has 3 aromatic heterocycles. The number of hydrogen-bond donors (Lipinski definition) is 1. The van der Waals surface area contributed by atoms with Gasteiger partial charge in [-0.3, -0.25) is 4.79 Å². The van der Waals surface area contributed by atoms with Crippen molar-refractivity contribution < 1.29 is 9.15 Å². The van der Waals surface area contributed by atoms with Crippen LogP contribution in [0, 0.1) is 13.8 Å². The number of aromatic nitrogens is 3. The summed E-state index contributed by atoms with van der Waals surface area (Å²) in [5.41, 5.74) is 5.64. The normalized spacial score (nSPS) is 16.7. The molecule has 6 rings (SSSR count). The minimum absolute atomic E-state index is 0.0317. The summed E-state index contributed by atoms with van der Waals surface area (Å²) in [6.45, 7) is 6.60. The molecule has 2 unspecified atom stereocenters. The summed E-state index contributed by atoms with van der Waals surface area (Å²) in [6, 6.07) is 13.5. The molecule has 0 saturated carbocycles. The summed E-state index contributed by atoms with van der Waals surface area (Å²) < 4.78 is 14.5. The van der Waals surface area contributed by atoms with Gasteiger partial charge >= 0.3 is 0 Å². The van der Waals surface area contributed by atoms with Crippen molar-refractivity contribution in [2.24, 2.45) is 0 Å². The van der Waals surface area contributed by atoms with Crippen LogP contribution in [-0.4, -0.2) is 21.4 Å². The van der Waals surface area contributed by atoms with Crippen LogP contribution in [0.15, 0.2) is 64.1 Å². The lowest BCUT2D eigenvalue weighted by Gasteiger charge is -2.23. The maximum atomic E-state index is 13.6. The zero-order valence-electron chi connectivity index (χ0n) is 21.6. The minimum Gasteiger partial charge on any atom is -0.455 e. The van der Waals surface area contributed by atoms with Gasteiger partial charge in [-0.2, -0.15) is 5.10 Å². The molecule has 0 spiro atoms. The highest BCUT2D eigenvalue weighted by Crippen LogP contribution is 2.34. The van der Waals surface area contributed by atoms with Crippen molar-refractivity contribution >= 4 is 39.2 Å². The van der Waals surface area contributed by atoms with Crippen molar-refractivity contribution in [2.45, 2.75) is 52.3 Å². The van der Waals surface area contributed by atoms with Crippen molar-refractivity contribution in [1.29, 1.82) is 0 Å². The van der Waals surface area contributed by atoms with Gasteiger partial charge in [0.15, 0.2) is 11.7 Å². The van der Waals surface area contributed by atoms with E-state index >= 15 is 0 Å². The van der Waals surface area contributed by atoms with Crippen molar-refractivity contribution in [3.05, 3.63) is 86.9 Å². The van der Waals surface area contributed by atoms with Crippen molar-refractivity contribution in [2.75, 3.05) is 11.9 Å². The lowest BCUT2D eigenvalue weighted by atomic mass is 9.98. The zero-order chi connectivity index (χ0) is 26.4. The van der Waals surface area contributed by atoms with Crippen LogP contribution in [0.2, 0.25) is 5.15 Å². The Bertz CT molecular complexity index is 1700. The molecule has 2 atom stereocenters. The average molecular weight is 529 g/mol. The molecule has 38 heavy (non-hydrogen) atoms. The Balaban J connectivity index is 1.47. The van der Waals surface area contributed by atoms with Gasteiger partial charge in [-0.05, 0) is 69.9 Å². The van der Waals surface area contributed by atoms with E-state index in [1.165, 1.54) is 0 Å². The van der Waals surface area contributed by atoms with E-state index in [-0.39, 0.29) is 17.7 Å². The molecule has 2 aromatic carbocycles. The van der Waals surface area contributed by atoms with Crippen LogP contribution in [-0.2, 0) is 4.74 Å². The SMILES string of the molecule is Cc1cc(C(C)Nc2ccc(Cl)nc2)c2oc(-c3ccc4cnn(C5CCCCO5)c4c3)c(C)c(=O)c2c1. The van der Waals surface area contributed by atoms with Crippen LogP contribution in [0.1, 0.15) is 55.1 Å². The van der Waals surface area contributed by atoms with Gasteiger partial charge in [0.05, 0.1) is 35.0 Å². The number of rotatable bonds is 5. The van der Waals surface area contributed by atoms with E-state index in [1.54, 1.807) is 12.3 Å². The maximum Gasteiger partial charge on any atom is 0.196 e. The third-order valence-electron chi connectivity index (χ3n) is 7.26. The minimum atomic E-state index is -0.147. The number of halogens is 1. The van der Waals surface area contributed by atoms with Gasteiger partial charge in [0, 0.05) is 28.7 Å². The van der Waals surface area contributed by atoms with E-state index in [2.05, 4.69) is 21.5 Å². The first-order valence-corrected chi connectivity index (χ1v) is 13.3. The van der Waals surface area contributed by atoms with Gasteiger partial charge in [-0.25, -0.2) is 9.67 Å². The Kier molecular flexibility index (Phi) is 6.41. The first-order valence-electron chi connectivity index (χ1n) is 12.9. The van der Waals surface area contributed by atoms with Crippen LogP contribution < -0.4 is 10.7 Å². The van der Waals surface area contributed by atoms with E-state index in [4.69, 9.17) is 20.8 Å². The topological polar surface area (TPSA) is 82.2 Å². The highest BCUT2D eigenvalue weighted by Gasteiger charge is 2.22. The van der Waals surface area contributed by atoms with Crippen molar-refractivity contribution in [3.8, 4) is 11.3 Å². The van der Waals surface area contributed by atoms with Crippen LogP contribution in [0.5, 0.6) is 0 Å². The summed E-state index contributed by atoms with van der Waals surface area (Å²) in [7, 11) is 0. The third kappa shape index (κ3) is 4.46. The highest BCUT2D eigenvalue weighted by molar-refractivity contribution is 6.29. The number of pyridine rings is 1. The lowest BCUT2D eigenvalue weighted by Crippen LogP contribution is -2.18. The summed E-state index contributed by atoms with van der Waals surface area (Å²) >= 11 is 5.95. The van der Waals surface area contributed by atoms with E-state index in [1.807, 2.05) is 62.0 Å². The van der Waals surface area contributed by atoms with Crippen molar-refractivity contribution in [3.63, 3.8) is 0 Å². The van der Waals surface area contributed by atoms with Gasteiger partial charge < -0.3 is 14.5 Å². The van der Waals surface area contributed by atoms with Gasteiger partial charge in [-0.1, -0.05) is 29.8 Å². The molecule has 1 N–H and O–H groups in total. The Hall–Kier alpha value is -3.68. The molecule has 1 aliphatic rings. The Morgan fingerprint density at radius 1 is 1.11 bits per heavy atom. The number of benzene rings is 2. The fourth-order valence-electron chi connectivity index (χ4n) is 5.28. The van der Waals surface area contributed by atoms with Crippen LogP contribution in [0.4, 0.5) is 5.69 Å². The Morgan fingerprint density at radius 2 is 1.97 bits per heavy atom. The summed E-state index contributed by atoms with van der Waals surface area (Å²) in [5.74, 6) is 0.562. The molecule has 8 heteroatoms. The average Bonchev–Trinajstić information content (AvgIpc) is 3.35. The molecule has 0 amide bonds. The monoisotopic (exact) mass is 528 g/mol.